The summed E-state index contributed by atoms with van der Waals surface area (Å²) in [5.74, 6) is 0.787. The van der Waals surface area contributed by atoms with Gasteiger partial charge in [-0.3, -0.25) is 0 Å². The van der Waals surface area contributed by atoms with E-state index in [0.29, 0.717) is 10.0 Å². The van der Waals surface area contributed by atoms with Crippen molar-refractivity contribution in [1.29, 1.82) is 0 Å². The number of nitrogens with one attached hydrogen (secondary N) is 1. The lowest BCUT2D eigenvalue weighted by atomic mass is 10.2. The Morgan fingerprint density at radius 1 is 1.06 bits per heavy atom. The molecule has 4 heteroatoms. The maximum absolute atomic E-state index is 5.89. The summed E-state index contributed by atoms with van der Waals surface area (Å²) in [6.07, 6.45) is 4.74. The molecular formula is C13H19Cl2NO. The molecule has 0 aromatic heterocycles. The number of unbranched alkanes of at least 4 members (excludes halogenated alkanes) is 3. The average molecular weight is 276 g/mol. The third-order valence-electron chi connectivity index (χ3n) is 2.48. The SMILES string of the molecule is CNCCCCCCOc1ccc(Cl)c(Cl)c1. The highest BCUT2D eigenvalue weighted by Gasteiger charge is 1.99. The molecule has 0 unspecified atom stereocenters. The molecule has 0 aliphatic heterocycles. The summed E-state index contributed by atoms with van der Waals surface area (Å²) in [5.41, 5.74) is 0. The first-order valence-corrected chi connectivity index (χ1v) is 6.72. The summed E-state index contributed by atoms with van der Waals surface area (Å²) in [6.45, 7) is 1.82. The van der Waals surface area contributed by atoms with E-state index < -0.39 is 0 Å². The first-order chi connectivity index (χ1) is 8.24. The summed E-state index contributed by atoms with van der Waals surface area (Å²) in [4.78, 5) is 0. The molecule has 0 saturated heterocycles. The number of hydrogen-bond donors (Lipinski definition) is 1. The van der Waals surface area contributed by atoms with E-state index in [0.717, 1.165) is 25.3 Å². The van der Waals surface area contributed by atoms with E-state index in [-0.39, 0.29) is 0 Å². The minimum atomic E-state index is 0.540. The summed E-state index contributed by atoms with van der Waals surface area (Å²) < 4.78 is 5.59. The third kappa shape index (κ3) is 6.16. The van der Waals surface area contributed by atoms with Crippen LogP contribution < -0.4 is 10.1 Å². The fraction of sp³-hybridized carbons (Fsp3) is 0.538. The lowest BCUT2D eigenvalue weighted by molar-refractivity contribution is 0.304. The highest BCUT2D eigenvalue weighted by Crippen LogP contribution is 2.26. The van der Waals surface area contributed by atoms with Gasteiger partial charge in [0.25, 0.3) is 0 Å². The predicted octanol–water partition coefficient (Wildman–Crippen LogP) is 4.15. The van der Waals surface area contributed by atoms with Crippen molar-refractivity contribution in [1.82, 2.24) is 5.32 Å². The van der Waals surface area contributed by atoms with Gasteiger partial charge in [0.05, 0.1) is 16.7 Å². The Bertz CT molecular complexity index is 331. The fourth-order valence-corrected chi connectivity index (χ4v) is 1.80. The van der Waals surface area contributed by atoms with Crippen LogP contribution in [0.25, 0.3) is 0 Å². The van der Waals surface area contributed by atoms with E-state index in [1.165, 1.54) is 19.3 Å². The van der Waals surface area contributed by atoms with Crippen LogP contribution in [0.15, 0.2) is 18.2 Å². The summed E-state index contributed by atoms with van der Waals surface area (Å²) in [5, 5.41) is 4.24. The van der Waals surface area contributed by atoms with Crippen molar-refractivity contribution >= 4 is 23.2 Å². The minimum absolute atomic E-state index is 0.540. The van der Waals surface area contributed by atoms with Gasteiger partial charge in [-0.25, -0.2) is 0 Å². The van der Waals surface area contributed by atoms with Gasteiger partial charge in [-0.05, 0) is 38.6 Å². The first kappa shape index (κ1) is 14.6. The molecule has 1 aromatic rings. The maximum atomic E-state index is 5.89. The van der Waals surface area contributed by atoms with Crippen molar-refractivity contribution < 1.29 is 4.74 Å². The summed E-state index contributed by atoms with van der Waals surface area (Å²) in [6, 6.07) is 5.35. The average Bonchev–Trinajstić information content (AvgIpc) is 2.32. The Morgan fingerprint density at radius 2 is 1.82 bits per heavy atom. The molecule has 0 amide bonds. The van der Waals surface area contributed by atoms with Gasteiger partial charge in [0, 0.05) is 6.07 Å². The van der Waals surface area contributed by atoms with E-state index in [1.54, 1.807) is 12.1 Å². The van der Waals surface area contributed by atoms with Crippen molar-refractivity contribution in [2.24, 2.45) is 0 Å². The minimum Gasteiger partial charge on any atom is -0.494 e. The zero-order chi connectivity index (χ0) is 12.5. The number of rotatable bonds is 8. The van der Waals surface area contributed by atoms with Gasteiger partial charge >= 0.3 is 0 Å². The number of halogens is 2. The van der Waals surface area contributed by atoms with Crippen LogP contribution in [0.3, 0.4) is 0 Å². The third-order valence-corrected chi connectivity index (χ3v) is 3.22. The van der Waals surface area contributed by atoms with Crippen molar-refractivity contribution in [3.63, 3.8) is 0 Å². The van der Waals surface area contributed by atoms with E-state index in [4.69, 9.17) is 27.9 Å². The summed E-state index contributed by atoms with van der Waals surface area (Å²) in [7, 11) is 1.98. The van der Waals surface area contributed by atoms with Crippen LogP contribution in [-0.4, -0.2) is 20.2 Å². The van der Waals surface area contributed by atoms with Crippen LogP contribution in [0, 0.1) is 0 Å². The largest absolute Gasteiger partial charge is 0.494 e. The highest BCUT2D eigenvalue weighted by molar-refractivity contribution is 6.42. The van der Waals surface area contributed by atoms with Gasteiger partial charge in [-0.2, -0.15) is 0 Å². The monoisotopic (exact) mass is 275 g/mol. The molecule has 0 aliphatic carbocycles. The zero-order valence-electron chi connectivity index (χ0n) is 10.1. The Morgan fingerprint density at radius 3 is 2.53 bits per heavy atom. The Kier molecular flexibility index (Phi) is 7.41. The van der Waals surface area contributed by atoms with Gasteiger partial charge in [0.2, 0.25) is 0 Å². The van der Waals surface area contributed by atoms with Gasteiger partial charge < -0.3 is 10.1 Å². The second-order valence-electron chi connectivity index (χ2n) is 3.94. The van der Waals surface area contributed by atoms with Gasteiger partial charge in [0.1, 0.15) is 5.75 Å². The van der Waals surface area contributed by atoms with Gasteiger partial charge in [-0.1, -0.05) is 36.0 Å². The molecule has 1 aromatic carbocycles. The predicted molar refractivity (Wildman–Crippen MR) is 74.4 cm³/mol. The molecule has 96 valence electrons. The quantitative estimate of drug-likeness (QED) is 0.720. The van der Waals surface area contributed by atoms with Gasteiger partial charge in [-0.15, -0.1) is 0 Å². The second-order valence-corrected chi connectivity index (χ2v) is 4.76. The maximum Gasteiger partial charge on any atom is 0.120 e. The molecule has 0 fully saturated rings. The normalized spacial score (nSPS) is 10.5. The number of ether oxygens (including phenoxy) is 1. The van der Waals surface area contributed by atoms with Crippen LogP contribution in [0.1, 0.15) is 25.7 Å². The highest BCUT2D eigenvalue weighted by atomic mass is 35.5. The van der Waals surface area contributed by atoms with Crippen LogP contribution in [-0.2, 0) is 0 Å². The molecule has 0 saturated carbocycles. The van der Waals surface area contributed by atoms with Crippen LogP contribution >= 0.6 is 23.2 Å². The molecule has 0 bridgehead atoms. The van der Waals surface area contributed by atoms with Crippen LogP contribution in [0.5, 0.6) is 5.75 Å². The standard InChI is InChI=1S/C13H19Cl2NO/c1-16-8-4-2-3-5-9-17-11-6-7-12(14)13(15)10-11/h6-7,10,16H,2-5,8-9H2,1H3. The van der Waals surface area contributed by atoms with Crippen molar-refractivity contribution in [2.45, 2.75) is 25.7 Å². The topological polar surface area (TPSA) is 21.3 Å². The smallest absolute Gasteiger partial charge is 0.120 e. The lowest BCUT2D eigenvalue weighted by Gasteiger charge is -2.07. The van der Waals surface area contributed by atoms with Crippen molar-refractivity contribution in [2.75, 3.05) is 20.2 Å². The van der Waals surface area contributed by atoms with Crippen molar-refractivity contribution in [3.8, 4) is 5.75 Å². The molecular weight excluding hydrogens is 257 g/mol. The molecule has 1 N–H and O–H groups in total. The summed E-state index contributed by atoms with van der Waals surface area (Å²) >= 11 is 11.7. The van der Waals surface area contributed by atoms with E-state index in [9.17, 15) is 0 Å². The zero-order valence-corrected chi connectivity index (χ0v) is 11.7. The van der Waals surface area contributed by atoms with E-state index in [2.05, 4.69) is 5.32 Å². The molecule has 0 heterocycles. The Labute approximate surface area is 113 Å². The second kappa shape index (κ2) is 8.62. The van der Waals surface area contributed by atoms with E-state index in [1.807, 2.05) is 13.1 Å². The first-order valence-electron chi connectivity index (χ1n) is 5.96. The Hall–Kier alpha value is -0.440. The Balaban J connectivity index is 2.11. The molecule has 0 spiro atoms. The fourth-order valence-electron chi connectivity index (χ4n) is 1.51. The molecule has 0 radical (unpaired) electrons. The van der Waals surface area contributed by atoms with Crippen LogP contribution in [0.4, 0.5) is 0 Å². The molecule has 0 aliphatic rings. The van der Waals surface area contributed by atoms with Crippen molar-refractivity contribution in [3.05, 3.63) is 28.2 Å². The molecule has 1 rings (SSSR count). The molecule has 17 heavy (non-hydrogen) atoms. The van der Waals surface area contributed by atoms with E-state index >= 15 is 0 Å². The molecule has 0 atom stereocenters. The molecule has 2 nitrogen and oxygen atoms in total. The van der Waals surface area contributed by atoms with Crippen LogP contribution in [0.2, 0.25) is 10.0 Å². The number of hydrogen-bond acceptors (Lipinski definition) is 2. The lowest BCUT2D eigenvalue weighted by Crippen LogP contribution is -2.07. The number of benzene rings is 1. The van der Waals surface area contributed by atoms with Gasteiger partial charge in [0.15, 0.2) is 0 Å².